The van der Waals surface area contributed by atoms with E-state index in [0.717, 1.165) is 18.7 Å². The Bertz CT molecular complexity index is 1430. The van der Waals surface area contributed by atoms with Crippen LogP contribution in [0.5, 0.6) is 11.5 Å². The van der Waals surface area contributed by atoms with Crippen molar-refractivity contribution in [3.8, 4) is 11.5 Å². The molecule has 0 spiro atoms. The van der Waals surface area contributed by atoms with Crippen molar-refractivity contribution in [3.05, 3.63) is 88.0 Å². The molecule has 9 nitrogen and oxygen atoms in total. The van der Waals surface area contributed by atoms with Crippen molar-refractivity contribution in [2.75, 3.05) is 32.1 Å². The van der Waals surface area contributed by atoms with Crippen LogP contribution in [0.25, 0.3) is 0 Å². The minimum atomic E-state index is -0.558. The second-order valence-corrected chi connectivity index (χ2v) is 10.7. The van der Waals surface area contributed by atoms with E-state index in [1.54, 1.807) is 24.3 Å². The smallest absolute Gasteiger partial charge is 0.338 e. The van der Waals surface area contributed by atoms with Crippen LogP contribution in [0.4, 0.5) is 5.69 Å². The molecule has 1 heterocycles. The number of carbonyl (C=O) groups is 3. The Morgan fingerprint density at radius 3 is 2.19 bits per heavy atom. The van der Waals surface area contributed by atoms with Gasteiger partial charge in [0.05, 0.1) is 17.2 Å². The summed E-state index contributed by atoms with van der Waals surface area (Å²) in [6, 6.07) is 13.9. The van der Waals surface area contributed by atoms with Gasteiger partial charge in [0, 0.05) is 37.5 Å². The fraction of sp³-hybridized carbons (Fsp3) is 0.364. The summed E-state index contributed by atoms with van der Waals surface area (Å²) in [6.45, 7) is 5.02. The number of nitrogens with zero attached hydrogens (tertiary/aromatic N) is 1. The summed E-state index contributed by atoms with van der Waals surface area (Å²) in [7, 11) is 3.69. The van der Waals surface area contributed by atoms with E-state index in [1.807, 2.05) is 32.8 Å². The van der Waals surface area contributed by atoms with Gasteiger partial charge in [-0.05, 0) is 85.8 Å². The van der Waals surface area contributed by atoms with E-state index < -0.39 is 18.1 Å². The lowest BCUT2D eigenvalue weighted by molar-refractivity contribution is 0.0192. The molecule has 1 saturated heterocycles. The number of aryl methyl sites for hydroxylation is 2. The number of phenols is 2. The Morgan fingerprint density at radius 2 is 1.57 bits per heavy atom. The predicted molar refractivity (Wildman–Crippen MR) is 162 cm³/mol. The molecule has 1 fully saturated rings. The first-order valence-corrected chi connectivity index (χ1v) is 14.3. The van der Waals surface area contributed by atoms with Crippen molar-refractivity contribution in [1.29, 1.82) is 0 Å². The highest BCUT2D eigenvalue weighted by atomic mass is 16.5. The van der Waals surface area contributed by atoms with Crippen LogP contribution in [-0.4, -0.2) is 67.2 Å². The molecule has 4 rings (SSSR count). The molecule has 0 aromatic heterocycles. The second-order valence-electron chi connectivity index (χ2n) is 10.7. The third-order valence-electron chi connectivity index (χ3n) is 7.65. The number of aromatic hydroxyl groups is 2. The fourth-order valence-corrected chi connectivity index (χ4v) is 5.09. The molecule has 0 saturated carbocycles. The topological polar surface area (TPSA) is 128 Å². The Labute approximate surface area is 246 Å². The van der Waals surface area contributed by atoms with Crippen LogP contribution in [-0.2, 0) is 17.6 Å². The monoisotopic (exact) mass is 573 g/mol. The van der Waals surface area contributed by atoms with Crippen LogP contribution >= 0.6 is 0 Å². The first kappa shape index (κ1) is 30.6. The number of hydrogen-bond donors (Lipinski definition) is 4. The average molecular weight is 574 g/mol. The van der Waals surface area contributed by atoms with E-state index in [4.69, 9.17) is 4.74 Å². The van der Waals surface area contributed by atoms with Gasteiger partial charge in [0.2, 0.25) is 0 Å². The summed E-state index contributed by atoms with van der Waals surface area (Å²) in [5.41, 5.74) is 3.43. The summed E-state index contributed by atoms with van der Waals surface area (Å²) in [5, 5.41) is 27.0. The molecule has 222 valence electrons. The highest BCUT2D eigenvalue weighted by Gasteiger charge is 2.29. The van der Waals surface area contributed by atoms with Gasteiger partial charge in [-0.3, -0.25) is 9.59 Å². The summed E-state index contributed by atoms with van der Waals surface area (Å²) in [6.07, 6.45) is 1.97. The standard InChI is InChI=1S/C33H39N3O6/c1-5-20-16-24(17-21(6-2)30(20)38)32(40)35-27-19-34-15-7-8-29(27)42-33(41)23-11-9-22(10-12-23)31(39)26-18-25(36(3)4)13-14-28(26)37/h9-14,16-18,27,29,34,37-38H,5-8,15,19H2,1-4H3,(H,35,40)/t27-,29-/m1/s1. The number of amides is 1. The number of ether oxygens (including phenoxy) is 1. The second kappa shape index (κ2) is 13.5. The molecule has 0 bridgehead atoms. The van der Waals surface area contributed by atoms with Crippen molar-refractivity contribution in [2.45, 2.75) is 51.7 Å². The Balaban J connectivity index is 1.47. The molecule has 1 aliphatic rings. The third kappa shape index (κ3) is 6.91. The lowest BCUT2D eigenvalue weighted by Gasteiger charge is -2.26. The third-order valence-corrected chi connectivity index (χ3v) is 7.65. The van der Waals surface area contributed by atoms with Crippen LogP contribution < -0.4 is 15.5 Å². The minimum absolute atomic E-state index is 0.117. The van der Waals surface area contributed by atoms with Crippen molar-refractivity contribution in [2.24, 2.45) is 0 Å². The molecule has 3 aromatic rings. The maximum absolute atomic E-state index is 13.3. The van der Waals surface area contributed by atoms with E-state index in [1.165, 1.54) is 30.3 Å². The van der Waals surface area contributed by atoms with E-state index in [2.05, 4.69) is 10.6 Å². The van der Waals surface area contributed by atoms with E-state index in [9.17, 15) is 24.6 Å². The van der Waals surface area contributed by atoms with Crippen molar-refractivity contribution < 1.29 is 29.3 Å². The SMILES string of the molecule is CCc1cc(C(=O)N[C@@H]2CNCCC[C@H]2OC(=O)c2ccc(C(=O)c3cc(N(C)C)ccc3O)cc2)cc(CC)c1O. The highest BCUT2D eigenvalue weighted by Crippen LogP contribution is 2.27. The maximum atomic E-state index is 13.3. The zero-order valence-electron chi connectivity index (χ0n) is 24.6. The number of nitrogens with one attached hydrogen (secondary N) is 2. The first-order chi connectivity index (χ1) is 20.1. The van der Waals surface area contributed by atoms with Crippen LogP contribution in [0.2, 0.25) is 0 Å². The van der Waals surface area contributed by atoms with Crippen LogP contribution in [0.1, 0.15) is 74.5 Å². The molecular formula is C33H39N3O6. The number of hydrogen-bond acceptors (Lipinski definition) is 8. The van der Waals surface area contributed by atoms with Gasteiger partial charge in [-0.15, -0.1) is 0 Å². The Kier molecular flexibility index (Phi) is 9.85. The largest absolute Gasteiger partial charge is 0.507 e. The minimum Gasteiger partial charge on any atom is -0.507 e. The van der Waals surface area contributed by atoms with Crippen molar-refractivity contribution >= 4 is 23.3 Å². The van der Waals surface area contributed by atoms with Gasteiger partial charge in [0.15, 0.2) is 5.78 Å². The van der Waals surface area contributed by atoms with Gasteiger partial charge < -0.3 is 30.5 Å². The lowest BCUT2D eigenvalue weighted by atomic mass is 9.99. The Hall–Kier alpha value is -4.37. The predicted octanol–water partition coefficient (Wildman–Crippen LogP) is 4.23. The van der Waals surface area contributed by atoms with Gasteiger partial charge >= 0.3 is 5.97 Å². The van der Waals surface area contributed by atoms with Gasteiger partial charge in [0.25, 0.3) is 5.91 Å². The summed E-state index contributed by atoms with van der Waals surface area (Å²) in [4.78, 5) is 41.3. The zero-order chi connectivity index (χ0) is 30.4. The molecule has 1 amide bonds. The zero-order valence-corrected chi connectivity index (χ0v) is 24.6. The van der Waals surface area contributed by atoms with Crippen LogP contribution in [0.15, 0.2) is 54.6 Å². The number of benzene rings is 3. The number of carbonyl (C=O) groups excluding carboxylic acids is 3. The molecule has 4 N–H and O–H groups in total. The van der Waals surface area contributed by atoms with Gasteiger partial charge in [-0.1, -0.05) is 26.0 Å². The fourth-order valence-electron chi connectivity index (χ4n) is 5.09. The number of rotatable bonds is 9. The summed E-state index contributed by atoms with van der Waals surface area (Å²) < 4.78 is 5.90. The van der Waals surface area contributed by atoms with Gasteiger partial charge in [-0.2, -0.15) is 0 Å². The van der Waals surface area contributed by atoms with E-state index in [0.29, 0.717) is 48.1 Å². The average Bonchev–Trinajstić information content (AvgIpc) is 3.21. The quantitative estimate of drug-likeness (QED) is 0.221. The van der Waals surface area contributed by atoms with Gasteiger partial charge in [0.1, 0.15) is 17.6 Å². The van der Waals surface area contributed by atoms with E-state index in [-0.39, 0.29) is 34.3 Å². The lowest BCUT2D eigenvalue weighted by Crippen LogP contribution is -2.49. The van der Waals surface area contributed by atoms with Gasteiger partial charge in [-0.25, -0.2) is 4.79 Å². The molecule has 1 aliphatic heterocycles. The first-order valence-electron chi connectivity index (χ1n) is 14.3. The molecule has 0 radical (unpaired) electrons. The number of phenolic OH excluding ortho intramolecular Hbond substituents is 2. The molecule has 0 aliphatic carbocycles. The van der Waals surface area contributed by atoms with E-state index >= 15 is 0 Å². The number of anilines is 1. The number of esters is 1. The molecule has 42 heavy (non-hydrogen) atoms. The number of ketones is 1. The molecule has 9 heteroatoms. The molecule has 0 unspecified atom stereocenters. The summed E-state index contributed by atoms with van der Waals surface area (Å²) in [5.74, 6) is -1.10. The molecular weight excluding hydrogens is 534 g/mol. The normalized spacial score (nSPS) is 16.8. The van der Waals surface area contributed by atoms with Crippen molar-refractivity contribution in [3.63, 3.8) is 0 Å². The van der Waals surface area contributed by atoms with Crippen LogP contribution in [0, 0.1) is 0 Å². The van der Waals surface area contributed by atoms with Crippen molar-refractivity contribution in [1.82, 2.24) is 10.6 Å². The van der Waals surface area contributed by atoms with Crippen LogP contribution in [0.3, 0.4) is 0 Å². The molecule has 3 aromatic carbocycles. The summed E-state index contributed by atoms with van der Waals surface area (Å²) >= 11 is 0. The Morgan fingerprint density at radius 1 is 0.929 bits per heavy atom. The maximum Gasteiger partial charge on any atom is 0.338 e. The highest BCUT2D eigenvalue weighted by molar-refractivity contribution is 6.11. The molecule has 2 atom stereocenters.